The standard InChI is InChI=1S/C72H48N2/c1-4-21-51(22-5-1)71-65-34-13-12-32-62(65)63-44-40-53(47-67(63)72(71)52-23-6-2-7-24-52)49-38-42-57(43-39-49)73(58-29-18-26-54(46-58)60-35-19-25-50-20-10-11-30-59(50)60)68-36-16-14-31-61(68)55-41-45-70-66(48-55)64-33-15-17-37-69(64)74(70)56-27-8-3-9-28-56/h1-48H. The minimum atomic E-state index is 1.07. The van der Waals surface area contributed by atoms with Gasteiger partial charge in [0.05, 0.1) is 16.7 Å². The molecule has 0 spiro atoms. The monoisotopic (exact) mass is 940 g/mol. The van der Waals surface area contributed by atoms with E-state index in [1.54, 1.807) is 0 Å². The lowest BCUT2D eigenvalue weighted by Crippen LogP contribution is -2.11. The Bertz CT molecular complexity index is 4400. The smallest absolute Gasteiger partial charge is 0.0541 e. The molecule has 0 unspecified atom stereocenters. The van der Waals surface area contributed by atoms with Crippen LogP contribution in [0.1, 0.15) is 0 Å². The van der Waals surface area contributed by atoms with Gasteiger partial charge in [-0.3, -0.25) is 0 Å². The molecule has 0 fully saturated rings. The Labute approximate surface area is 430 Å². The van der Waals surface area contributed by atoms with Gasteiger partial charge in [-0.1, -0.05) is 224 Å². The zero-order valence-electron chi connectivity index (χ0n) is 40.6. The first kappa shape index (κ1) is 43.1. The van der Waals surface area contributed by atoms with Gasteiger partial charge in [0.2, 0.25) is 0 Å². The van der Waals surface area contributed by atoms with E-state index in [9.17, 15) is 0 Å². The normalized spacial score (nSPS) is 11.5. The van der Waals surface area contributed by atoms with E-state index >= 15 is 0 Å². The predicted molar refractivity (Wildman–Crippen MR) is 315 cm³/mol. The van der Waals surface area contributed by atoms with E-state index in [1.165, 1.54) is 93.1 Å². The number of benzene rings is 13. The van der Waals surface area contributed by atoms with Crippen molar-refractivity contribution in [3.63, 3.8) is 0 Å². The third kappa shape index (κ3) is 7.35. The van der Waals surface area contributed by atoms with E-state index in [-0.39, 0.29) is 0 Å². The maximum absolute atomic E-state index is 2.44. The van der Waals surface area contributed by atoms with Crippen LogP contribution in [0.25, 0.3) is 115 Å². The molecule has 0 aliphatic carbocycles. The third-order valence-corrected chi connectivity index (χ3v) is 15.0. The highest BCUT2D eigenvalue weighted by Gasteiger charge is 2.22. The number of aromatic nitrogens is 1. The molecule has 13 aromatic carbocycles. The molecule has 0 saturated carbocycles. The fraction of sp³-hybridized carbons (Fsp3) is 0. The Balaban J connectivity index is 0.941. The molecule has 2 nitrogen and oxygen atoms in total. The van der Waals surface area contributed by atoms with Gasteiger partial charge in [-0.25, -0.2) is 0 Å². The summed E-state index contributed by atoms with van der Waals surface area (Å²) in [5.41, 5.74) is 18.7. The quantitative estimate of drug-likeness (QED) is 0.131. The molecule has 14 aromatic rings. The molecule has 0 amide bonds. The van der Waals surface area contributed by atoms with Crippen molar-refractivity contribution in [3.8, 4) is 61.3 Å². The molecule has 0 N–H and O–H groups in total. The molecule has 0 bridgehead atoms. The van der Waals surface area contributed by atoms with Crippen molar-refractivity contribution in [1.29, 1.82) is 0 Å². The minimum Gasteiger partial charge on any atom is -0.310 e. The Kier molecular flexibility index (Phi) is 10.6. The van der Waals surface area contributed by atoms with Gasteiger partial charge in [0.25, 0.3) is 0 Å². The highest BCUT2D eigenvalue weighted by Crippen LogP contribution is 2.47. The second kappa shape index (κ2) is 18.1. The summed E-state index contributed by atoms with van der Waals surface area (Å²) in [5, 5.41) is 9.91. The first-order chi connectivity index (χ1) is 36.7. The number of nitrogens with zero attached hydrogens (tertiary/aromatic N) is 2. The van der Waals surface area contributed by atoms with E-state index in [4.69, 9.17) is 0 Å². The van der Waals surface area contributed by atoms with Crippen molar-refractivity contribution in [3.05, 3.63) is 291 Å². The predicted octanol–water partition coefficient (Wildman–Crippen LogP) is 20.0. The summed E-state index contributed by atoms with van der Waals surface area (Å²) in [6.07, 6.45) is 0. The molecular formula is C72H48N2. The molecule has 0 aliphatic rings. The van der Waals surface area contributed by atoms with E-state index < -0.39 is 0 Å². The van der Waals surface area contributed by atoms with Crippen molar-refractivity contribution in [1.82, 2.24) is 4.57 Å². The Morgan fingerprint density at radius 1 is 0.243 bits per heavy atom. The molecule has 14 rings (SSSR count). The zero-order valence-corrected chi connectivity index (χ0v) is 40.6. The molecule has 2 heteroatoms. The average molecular weight is 941 g/mol. The molecule has 0 atom stereocenters. The highest BCUT2D eigenvalue weighted by molar-refractivity contribution is 6.22. The topological polar surface area (TPSA) is 8.17 Å². The van der Waals surface area contributed by atoms with Crippen LogP contribution in [0.3, 0.4) is 0 Å². The molecule has 1 heterocycles. The maximum Gasteiger partial charge on any atom is 0.0541 e. The summed E-state index contributed by atoms with van der Waals surface area (Å²) < 4.78 is 2.38. The fourth-order valence-corrected chi connectivity index (χ4v) is 11.6. The van der Waals surface area contributed by atoms with Crippen LogP contribution in [-0.4, -0.2) is 4.57 Å². The van der Waals surface area contributed by atoms with Gasteiger partial charge in [-0.05, 0) is 149 Å². The number of para-hydroxylation sites is 3. The van der Waals surface area contributed by atoms with Gasteiger partial charge in [-0.15, -0.1) is 0 Å². The highest BCUT2D eigenvalue weighted by atomic mass is 15.1. The minimum absolute atomic E-state index is 1.07. The van der Waals surface area contributed by atoms with Crippen LogP contribution >= 0.6 is 0 Å². The van der Waals surface area contributed by atoms with Gasteiger partial charge in [0.15, 0.2) is 0 Å². The third-order valence-electron chi connectivity index (χ3n) is 15.0. The summed E-state index contributed by atoms with van der Waals surface area (Å²) in [5.74, 6) is 0. The molecule has 74 heavy (non-hydrogen) atoms. The number of hydrogen-bond donors (Lipinski definition) is 0. The SMILES string of the molecule is c1ccc(-c2c(-c3ccccc3)c3cc(-c4ccc(N(c5cccc(-c6cccc7ccccc67)c5)c5ccccc5-c5ccc6c(c5)c5ccccc5n6-c5ccccc5)cc4)ccc3c3ccccc23)cc1. The maximum atomic E-state index is 2.44. The van der Waals surface area contributed by atoms with Crippen LogP contribution in [0.5, 0.6) is 0 Å². The van der Waals surface area contributed by atoms with Crippen LogP contribution in [0.15, 0.2) is 291 Å². The van der Waals surface area contributed by atoms with Crippen molar-refractivity contribution in [2.24, 2.45) is 0 Å². The average Bonchev–Trinajstić information content (AvgIpc) is 3.81. The van der Waals surface area contributed by atoms with Gasteiger partial charge in [0, 0.05) is 33.4 Å². The second-order valence-electron chi connectivity index (χ2n) is 19.2. The molecule has 0 aliphatic heterocycles. The van der Waals surface area contributed by atoms with Crippen LogP contribution in [-0.2, 0) is 0 Å². The van der Waals surface area contributed by atoms with Gasteiger partial charge >= 0.3 is 0 Å². The Hall–Kier alpha value is -9.76. The van der Waals surface area contributed by atoms with Crippen LogP contribution in [0, 0.1) is 0 Å². The van der Waals surface area contributed by atoms with Gasteiger partial charge < -0.3 is 9.47 Å². The number of hydrogen-bond acceptors (Lipinski definition) is 1. The van der Waals surface area contributed by atoms with Crippen molar-refractivity contribution < 1.29 is 0 Å². The van der Waals surface area contributed by atoms with Crippen molar-refractivity contribution in [2.45, 2.75) is 0 Å². The van der Waals surface area contributed by atoms with E-state index in [1.807, 2.05) is 0 Å². The lowest BCUT2D eigenvalue weighted by Gasteiger charge is -2.28. The lowest BCUT2D eigenvalue weighted by molar-refractivity contribution is 1.18. The number of fused-ring (bicyclic) bond motifs is 7. The molecule has 1 aromatic heterocycles. The van der Waals surface area contributed by atoms with Gasteiger partial charge in [-0.2, -0.15) is 0 Å². The zero-order chi connectivity index (χ0) is 49.0. The Morgan fingerprint density at radius 3 is 1.54 bits per heavy atom. The van der Waals surface area contributed by atoms with Gasteiger partial charge in [0.1, 0.15) is 0 Å². The van der Waals surface area contributed by atoms with E-state index in [0.717, 1.165) is 39.4 Å². The summed E-state index contributed by atoms with van der Waals surface area (Å²) >= 11 is 0. The fourth-order valence-electron chi connectivity index (χ4n) is 11.6. The summed E-state index contributed by atoms with van der Waals surface area (Å²) in [6.45, 7) is 0. The molecule has 0 saturated heterocycles. The summed E-state index contributed by atoms with van der Waals surface area (Å²) in [6, 6.07) is 107. The van der Waals surface area contributed by atoms with Crippen molar-refractivity contribution in [2.75, 3.05) is 4.90 Å². The Morgan fingerprint density at radius 2 is 0.757 bits per heavy atom. The van der Waals surface area contributed by atoms with E-state index in [2.05, 4.69) is 301 Å². The summed E-state index contributed by atoms with van der Waals surface area (Å²) in [4.78, 5) is 2.44. The first-order valence-corrected chi connectivity index (χ1v) is 25.5. The van der Waals surface area contributed by atoms with Crippen LogP contribution in [0.2, 0.25) is 0 Å². The lowest BCUT2D eigenvalue weighted by atomic mass is 9.84. The number of rotatable bonds is 9. The second-order valence-corrected chi connectivity index (χ2v) is 19.2. The number of anilines is 3. The van der Waals surface area contributed by atoms with Crippen molar-refractivity contribution >= 4 is 71.2 Å². The van der Waals surface area contributed by atoms with Crippen LogP contribution in [0.4, 0.5) is 17.1 Å². The summed E-state index contributed by atoms with van der Waals surface area (Å²) in [7, 11) is 0. The van der Waals surface area contributed by atoms with E-state index in [0.29, 0.717) is 0 Å². The molecule has 346 valence electrons. The van der Waals surface area contributed by atoms with Crippen LogP contribution < -0.4 is 4.90 Å². The molecule has 0 radical (unpaired) electrons. The first-order valence-electron chi connectivity index (χ1n) is 25.5. The largest absolute Gasteiger partial charge is 0.310 e. The molecular weight excluding hydrogens is 893 g/mol.